The Balaban J connectivity index is 3.00. The second-order valence-electron chi connectivity index (χ2n) is 3.39. The van der Waals surface area contributed by atoms with Crippen LogP contribution in [0.1, 0.15) is 39.5 Å². The lowest BCUT2D eigenvalue weighted by atomic mass is 10.1. The van der Waals surface area contributed by atoms with Gasteiger partial charge in [-0.3, -0.25) is 4.79 Å². The highest BCUT2D eigenvalue weighted by Gasteiger charge is 1.94. The van der Waals surface area contributed by atoms with Crippen molar-refractivity contribution in [3.63, 3.8) is 0 Å². The summed E-state index contributed by atoms with van der Waals surface area (Å²) in [6.07, 6.45) is 3.76. The fraction of sp³-hybridized carbons (Fsp3) is 0.800. The van der Waals surface area contributed by atoms with E-state index in [1.807, 2.05) is 0 Å². The van der Waals surface area contributed by atoms with Crippen molar-refractivity contribution in [3.8, 4) is 0 Å². The molecule has 0 bridgehead atoms. The van der Waals surface area contributed by atoms with Crippen LogP contribution in [0.15, 0.2) is 0 Å². The smallest absolute Gasteiger partial charge is 0.143 e. The third kappa shape index (κ3) is 11.3. The summed E-state index contributed by atoms with van der Waals surface area (Å²) in [6.45, 7) is 4.53. The zero-order chi connectivity index (χ0) is 10.1. The van der Waals surface area contributed by atoms with E-state index in [0.717, 1.165) is 25.8 Å². The number of hydrogen-bond acceptors (Lipinski definition) is 3. The van der Waals surface area contributed by atoms with Gasteiger partial charge in [0.25, 0.3) is 0 Å². The van der Waals surface area contributed by atoms with E-state index in [4.69, 9.17) is 0 Å². The Morgan fingerprint density at radius 3 is 2.23 bits per heavy atom. The summed E-state index contributed by atoms with van der Waals surface area (Å²) in [4.78, 5) is 21.1. The molecule has 0 rings (SSSR count). The molecule has 0 unspecified atom stereocenters. The van der Waals surface area contributed by atoms with E-state index < -0.39 is 0 Å². The first-order valence-electron chi connectivity index (χ1n) is 4.82. The van der Waals surface area contributed by atoms with Crippen molar-refractivity contribution in [1.82, 2.24) is 5.32 Å². The van der Waals surface area contributed by atoms with Crippen LogP contribution in [0.25, 0.3) is 0 Å². The molecule has 76 valence electrons. The van der Waals surface area contributed by atoms with Crippen LogP contribution in [0.2, 0.25) is 0 Å². The van der Waals surface area contributed by atoms with Gasteiger partial charge in [0, 0.05) is 6.42 Å². The number of hydrogen-bond donors (Lipinski definition) is 1. The van der Waals surface area contributed by atoms with Crippen molar-refractivity contribution in [2.24, 2.45) is 0 Å². The van der Waals surface area contributed by atoms with Crippen LogP contribution in [-0.2, 0) is 9.59 Å². The Morgan fingerprint density at radius 1 is 1.00 bits per heavy atom. The lowest BCUT2D eigenvalue weighted by Gasteiger charge is -2.01. The molecule has 0 aromatic heterocycles. The van der Waals surface area contributed by atoms with Crippen molar-refractivity contribution >= 4 is 11.6 Å². The second kappa shape index (κ2) is 7.92. The summed E-state index contributed by atoms with van der Waals surface area (Å²) in [5.41, 5.74) is 0. The second-order valence-corrected chi connectivity index (χ2v) is 3.39. The molecule has 0 aliphatic carbocycles. The van der Waals surface area contributed by atoms with Gasteiger partial charge >= 0.3 is 0 Å². The van der Waals surface area contributed by atoms with Crippen LogP contribution in [0.5, 0.6) is 0 Å². The average Bonchev–Trinajstić information content (AvgIpc) is 2.01. The molecule has 0 spiro atoms. The molecule has 0 saturated carbocycles. The minimum Gasteiger partial charge on any atom is -0.310 e. The maximum absolute atomic E-state index is 10.6. The first-order chi connectivity index (χ1) is 6.13. The number of carbonyl (C=O) groups excluding carboxylic acids is 2. The van der Waals surface area contributed by atoms with Crippen LogP contribution in [0, 0.1) is 0 Å². The van der Waals surface area contributed by atoms with E-state index >= 15 is 0 Å². The molecule has 0 radical (unpaired) electrons. The van der Waals surface area contributed by atoms with Gasteiger partial charge in [-0.2, -0.15) is 0 Å². The maximum Gasteiger partial charge on any atom is 0.143 e. The van der Waals surface area contributed by atoms with Gasteiger partial charge in [0.2, 0.25) is 0 Å². The number of rotatable bonds is 8. The van der Waals surface area contributed by atoms with E-state index in [-0.39, 0.29) is 11.6 Å². The van der Waals surface area contributed by atoms with Gasteiger partial charge in [-0.1, -0.05) is 6.42 Å². The summed E-state index contributed by atoms with van der Waals surface area (Å²) in [7, 11) is 0. The first-order valence-corrected chi connectivity index (χ1v) is 4.82. The van der Waals surface area contributed by atoms with Crippen molar-refractivity contribution in [1.29, 1.82) is 0 Å². The lowest BCUT2D eigenvalue weighted by molar-refractivity contribution is -0.117. The van der Waals surface area contributed by atoms with Gasteiger partial charge in [0.05, 0.1) is 6.54 Å². The van der Waals surface area contributed by atoms with Crippen LogP contribution >= 0.6 is 0 Å². The third-order valence-corrected chi connectivity index (χ3v) is 1.76. The molecule has 0 heterocycles. The average molecular weight is 185 g/mol. The molecular formula is C10H19NO2. The largest absolute Gasteiger partial charge is 0.310 e. The summed E-state index contributed by atoms with van der Waals surface area (Å²) in [5.74, 6) is 0.431. The standard InChI is InChI=1S/C10H19NO2/c1-9(12)6-4-3-5-7-11-8-10(2)13/h11H,3-8H2,1-2H3. The predicted molar refractivity (Wildman–Crippen MR) is 52.7 cm³/mol. The monoisotopic (exact) mass is 185 g/mol. The Hall–Kier alpha value is -0.700. The first kappa shape index (κ1) is 12.3. The summed E-state index contributed by atoms with van der Waals surface area (Å²) >= 11 is 0. The van der Waals surface area contributed by atoms with Gasteiger partial charge < -0.3 is 10.1 Å². The molecule has 0 aromatic carbocycles. The number of nitrogens with one attached hydrogen (secondary N) is 1. The van der Waals surface area contributed by atoms with Gasteiger partial charge in [0.1, 0.15) is 11.6 Å². The van der Waals surface area contributed by atoms with Crippen LogP contribution in [0.4, 0.5) is 0 Å². The molecule has 0 aliphatic rings. The van der Waals surface area contributed by atoms with Crippen molar-refractivity contribution in [2.45, 2.75) is 39.5 Å². The van der Waals surface area contributed by atoms with Gasteiger partial charge in [0.15, 0.2) is 0 Å². The fourth-order valence-corrected chi connectivity index (χ4v) is 1.07. The molecule has 1 N–H and O–H groups in total. The highest BCUT2D eigenvalue weighted by Crippen LogP contribution is 1.98. The molecule has 0 aliphatic heterocycles. The molecular weight excluding hydrogens is 166 g/mol. The summed E-state index contributed by atoms with van der Waals surface area (Å²) < 4.78 is 0. The third-order valence-electron chi connectivity index (χ3n) is 1.76. The highest BCUT2D eigenvalue weighted by atomic mass is 16.1. The maximum atomic E-state index is 10.6. The molecule has 0 fully saturated rings. The molecule has 0 saturated heterocycles. The Labute approximate surface area is 79.9 Å². The van der Waals surface area contributed by atoms with Crippen LogP contribution in [-0.4, -0.2) is 24.7 Å². The number of unbranched alkanes of at least 4 members (excludes halogenated alkanes) is 2. The van der Waals surface area contributed by atoms with E-state index in [2.05, 4.69) is 5.32 Å². The zero-order valence-electron chi connectivity index (χ0n) is 8.56. The van der Waals surface area contributed by atoms with Gasteiger partial charge in [-0.05, 0) is 33.2 Å². The zero-order valence-corrected chi connectivity index (χ0v) is 8.56. The minimum absolute atomic E-state index is 0.170. The Bertz CT molecular complexity index is 148. The quantitative estimate of drug-likeness (QED) is 0.580. The lowest BCUT2D eigenvalue weighted by Crippen LogP contribution is -2.21. The molecule has 3 heteroatoms. The molecule has 0 atom stereocenters. The fourth-order valence-electron chi connectivity index (χ4n) is 1.07. The summed E-state index contributed by atoms with van der Waals surface area (Å²) in [6, 6.07) is 0. The van der Waals surface area contributed by atoms with E-state index in [1.165, 1.54) is 0 Å². The van der Waals surface area contributed by atoms with Gasteiger partial charge in [-0.25, -0.2) is 0 Å². The van der Waals surface area contributed by atoms with Crippen LogP contribution in [0.3, 0.4) is 0 Å². The molecule has 3 nitrogen and oxygen atoms in total. The predicted octanol–water partition coefficient (Wildman–Crippen LogP) is 1.31. The number of Topliss-reactive ketones (excluding diaryl/α,β-unsaturated/α-hetero) is 2. The highest BCUT2D eigenvalue weighted by molar-refractivity contribution is 5.77. The number of ketones is 2. The topological polar surface area (TPSA) is 46.2 Å². The normalized spacial score (nSPS) is 10.0. The molecule has 0 aromatic rings. The Kier molecular flexibility index (Phi) is 7.50. The number of carbonyl (C=O) groups is 2. The SMILES string of the molecule is CC(=O)CCCCCNCC(C)=O. The molecule has 13 heavy (non-hydrogen) atoms. The van der Waals surface area contributed by atoms with E-state index in [1.54, 1.807) is 13.8 Å². The van der Waals surface area contributed by atoms with Crippen LogP contribution < -0.4 is 5.32 Å². The van der Waals surface area contributed by atoms with Gasteiger partial charge in [-0.15, -0.1) is 0 Å². The Morgan fingerprint density at radius 2 is 1.69 bits per heavy atom. The molecule has 0 amide bonds. The summed E-state index contributed by atoms with van der Waals surface area (Å²) in [5, 5.41) is 3.04. The van der Waals surface area contributed by atoms with Crippen molar-refractivity contribution in [2.75, 3.05) is 13.1 Å². The van der Waals surface area contributed by atoms with E-state index in [0.29, 0.717) is 13.0 Å². The van der Waals surface area contributed by atoms with Crippen molar-refractivity contribution < 1.29 is 9.59 Å². The minimum atomic E-state index is 0.170. The van der Waals surface area contributed by atoms with Crippen molar-refractivity contribution in [3.05, 3.63) is 0 Å². The van der Waals surface area contributed by atoms with E-state index in [9.17, 15) is 9.59 Å².